The number of benzene rings is 2. The number of aryl methyl sites for hydroxylation is 2. The summed E-state index contributed by atoms with van der Waals surface area (Å²) < 4.78 is 1.86. The SMILES string of the molecule is Cc1ccc(-n2nc3c(c2NC(=O)c2ccccc2C)CSC3)cc1. The van der Waals surface area contributed by atoms with Crippen molar-refractivity contribution in [2.24, 2.45) is 0 Å². The van der Waals surface area contributed by atoms with Crippen LogP contribution in [0.1, 0.15) is 32.7 Å². The van der Waals surface area contributed by atoms with E-state index >= 15 is 0 Å². The zero-order chi connectivity index (χ0) is 17.4. The predicted octanol–water partition coefficient (Wildman–Crippen LogP) is 4.49. The number of amides is 1. The largest absolute Gasteiger partial charge is 0.306 e. The summed E-state index contributed by atoms with van der Waals surface area (Å²) in [5.74, 6) is 2.47. The van der Waals surface area contributed by atoms with Gasteiger partial charge in [-0.15, -0.1) is 0 Å². The van der Waals surface area contributed by atoms with Gasteiger partial charge in [-0.1, -0.05) is 35.9 Å². The van der Waals surface area contributed by atoms with Crippen molar-refractivity contribution in [2.45, 2.75) is 25.4 Å². The summed E-state index contributed by atoms with van der Waals surface area (Å²) in [6.45, 7) is 4.01. The van der Waals surface area contributed by atoms with E-state index in [4.69, 9.17) is 5.10 Å². The fraction of sp³-hybridized carbons (Fsp3) is 0.200. The highest BCUT2D eigenvalue weighted by Crippen LogP contribution is 2.36. The standard InChI is InChI=1S/C20H19N3OS/c1-13-7-9-15(10-8-13)23-19(17-11-25-12-18(17)22-23)21-20(24)16-6-4-3-5-14(16)2/h3-10H,11-12H2,1-2H3,(H,21,24). The molecule has 2 aromatic carbocycles. The molecule has 1 aliphatic heterocycles. The molecule has 0 atom stereocenters. The molecular weight excluding hydrogens is 330 g/mol. The van der Waals surface area contributed by atoms with Crippen molar-refractivity contribution < 1.29 is 4.79 Å². The Morgan fingerprint density at radius 3 is 2.60 bits per heavy atom. The molecule has 0 aliphatic carbocycles. The predicted molar refractivity (Wildman–Crippen MR) is 102 cm³/mol. The third kappa shape index (κ3) is 2.96. The minimum atomic E-state index is -0.0916. The summed E-state index contributed by atoms with van der Waals surface area (Å²) in [5, 5.41) is 7.85. The van der Waals surface area contributed by atoms with Gasteiger partial charge in [0.15, 0.2) is 0 Å². The van der Waals surface area contributed by atoms with Crippen LogP contribution >= 0.6 is 11.8 Å². The van der Waals surface area contributed by atoms with Gasteiger partial charge in [-0.05, 0) is 37.6 Å². The van der Waals surface area contributed by atoms with E-state index < -0.39 is 0 Å². The maximum absolute atomic E-state index is 12.8. The lowest BCUT2D eigenvalue weighted by atomic mass is 10.1. The first-order chi connectivity index (χ1) is 12.1. The summed E-state index contributed by atoms with van der Waals surface area (Å²) in [4.78, 5) is 12.8. The lowest BCUT2D eigenvalue weighted by Gasteiger charge is -2.12. The van der Waals surface area contributed by atoms with Gasteiger partial charge in [-0.25, -0.2) is 4.68 Å². The maximum atomic E-state index is 12.8. The number of nitrogens with zero attached hydrogens (tertiary/aromatic N) is 2. The van der Waals surface area contributed by atoms with Crippen LogP contribution in [0, 0.1) is 13.8 Å². The van der Waals surface area contributed by atoms with E-state index in [1.54, 1.807) is 0 Å². The number of nitrogens with one attached hydrogen (secondary N) is 1. The van der Waals surface area contributed by atoms with Crippen molar-refractivity contribution in [1.29, 1.82) is 0 Å². The molecule has 0 spiro atoms. The summed E-state index contributed by atoms with van der Waals surface area (Å²) in [6.07, 6.45) is 0. The third-order valence-electron chi connectivity index (χ3n) is 4.45. The van der Waals surface area contributed by atoms with Crippen LogP contribution in [-0.2, 0) is 11.5 Å². The molecule has 0 saturated carbocycles. The van der Waals surface area contributed by atoms with E-state index in [1.807, 2.05) is 59.8 Å². The topological polar surface area (TPSA) is 46.9 Å². The van der Waals surface area contributed by atoms with Gasteiger partial charge in [-0.3, -0.25) is 4.79 Å². The number of fused-ring (bicyclic) bond motifs is 1. The van der Waals surface area contributed by atoms with Gasteiger partial charge >= 0.3 is 0 Å². The van der Waals surface area contributed by atoms with Gasteiger partial charge < -0.3 is 5.32 Å². The molecule has 0 radical (unpaired) electrons. The Bertz CT molecular complexity index is 944. The monoisotopic (exact) mass is 349 g/mol. The molecular formula is C20H19N3OS. The van der Waals surface area contributed by atoms with E-state index in [9.17, 15) is 4.79 Å². The summed E-state index contributed by atoms with van der Waals surface area (Å²) in [6, 6.07) is 15.8. The van der Waals surface area contributed by atoms with Crippen LogP contribution in [0.3, 0.4) is 0 Å². The van der Waals surface area contributed by atoms with E-state index in [0.29, 0.717) is 5.56 Å². The molecule has 4 nitrogen and oxygen atoms in total. The van der Waals surface area contributed by atoms with Crippen molar-refractivity contribution in [3.63, 3.8) is 0 Å². The Hall–Kier alpha value is -2.53. The zero-order valence-electron chi connectivity index (χ0n) is 14.2. The van der Waals surface area contributed by atoms with E-state index in [2.05, 4.69) is 24.4 Å². The van der Waals surface area contributed by atoms with Crippen LogP contribution in [-0.4, -0.2) is 15.7 Å². The first-order valence-corrected chi connectivity index (χ1v) is 9.41. The molecule has 2 heterocycles. The summed E-state index contributed by atoms with van der Waals surface area (Å²) >= 11 is 1.83. The molecule has 0 bridgehead atoms. The highest BCUT2D eigenvalue weighted by molar-refractivity contribution is 7.98. The average Bonchev–Trinajstić information content (AvgIpc) is 3.19. The number of anilines is 1. The second-order valence-electron chi connectivity index (χ2n) is 6.28. The number of hydrogen-bond donors (Lipinski definition) is 1. The van der Waals surface area contributed by atoms with Crippen LogP contribution in [0.4, 0.5) is 5.82 Å². The molecule has 1 aliphatic rings. The number of thioether (sulfide) groups is 1. The van der Waals surface area contributed by atoms with E-state index in [0.717, 1.165) is 39.8 Å². The van der Waals surface area contributed by atoms with Crippen molar-refractivity contribution in [2.75, 3.05) is 5.32 Å². The summed E-state index contributed by atoms with van der Waals surface area (Å²) in [7, 11) is 0. The molecule has 0 unspecified atom stereocenters. The van der Waals surface area contributed by atoms with Gasteiger partial charge in [0.1, 0.15) is 5.82 Å². The zero-order valence-corrected chi connectivity index (χ0v) is 15.1. The van der Waals surface area contributed by atoms with Crippen LogP contribution in [0.2, 0.25) is 0 Å². The first kappa shape index (κ1) is 16.0. The molecule has 0 fully saturated rings. The molecule has 126 valence electrons. The maximum Gasteiger partial charge on any atom is 0.257 e. The third-order valence-corrected chi connectivity index (χ3v) is 5.42. The van der Waals surface area contributed by atoms with E-state index in [-0.39, 0.29) is 5.91 Å². The fourth-order valence-corrected chi connectivity index (χ4v) is 4.05. The molecule has 5 heteroatoms. The fourth-order valence-electron chi connectivity index (χ4n) is 3.02. The van der Waals surface area contributed by atoms with Crippen molar-refractivity contribution in [3.05, 3.63) is 76.5 Å². The Morgan fingerprint density at radius 2 is 1.84 bits per heavy atom. The molecule has 1 N–H and O–H groups in total. The van der Waals surface area contributed by atoms with Crippen LogP contribution < -0.4 is 5.32 Å². The lowest BCUT2D eigenvalue weighted by molar-refractivity contribution is 0.102. The highest BCUT2D eigenvalue weighted by atomic mass is 32.2. The minimum Gasteiger partial charge on any atom is -0.306 e. The lowest BCUT2D eigenvalue weighted by Crippen LogP contribution is -2.17. The normalized spacial score (nSPS) is 12.9. The Morgan fingerprint density at radius 1 is 1.08 bits per heavy atom. The highest BCUT2D eigenvalue weighted by Gasteiger charge is 2.25. The molecule has 4 rings (SSSR count). The van der Waals surface area contributed by atoms with Crippen LogP contribution in [0.25, 0.3) is 5.69 Å². The van der Waals surface area contributed by atoms with Gasteiger partial charge in [0, 0.05) is 22.6 Å². The van der Waals surface area contributed by atoms with Crippen molar-refractivity contribution in [3.8, 4) is 5.69 Å². The first-order valence-electron chi connectivity index (χ1n) is 8.26. The molecule has 3 aromatic rings. The van der Waals surface area contributed by atoms with Crippen LogP contribution in [0.5, 0.6) is 0 Å². The quantitative estimate of drug-likeness (QED) is 0.758. The molecule has 0 saturated heterocycles. The van der Waals surface area contributed by atoms with Crippen LogP contribution in [0.15, 0.2) is 48.5 Å². The molecule has 25 heavy (non-hydrogen) atoms. The van der Waals surface area contributed by atoms with E-state index in [1.165, 1.54) is 5.56 Å². The van der Waals surface area contributed by atoms with Crippen molar-refractivity contribution in [1.82, 2.24) is 9.78 Å². The van der Waals surface area contributed by atoms with Gasteiger partial charge in [0.25, 0.3) is 5.91 Å². The Labute approximate surface area is 151 Å². The molecule has 1 amide bonds. The molecule has 1 aromatic heterocycles. The minimum absolute atomic E-state index is 0.0916. The Balaban J connectivity index is 1.75. The van der Waals surface area contributed by atoms with Gasteiger partial charge in [0.05, 0.1) is 11.4 Å². The van der Waals surface area contributed by atoms with Gasteiger partial charge in [0.2, 0.25) is 0 Å². The number of aromatic nitrogens is 2. The second kappa shape index (κ2) is 6.41. The number of rotatable bonds is 3. The number of carbonyl (C=O) groups excluding carboxylic acids is 1. The Kier molecular flexibility index (Phi) is 4.09. The van der Waals surface area contributed by atoms with Crippen molar-refractivity contribution >= 4 is 23.5 Å². The summed E-state index contributed by atoms with van der Waals surface area (Å²) in [5.41, 5.74) is 6.01. The number of carbonyl (C=O) groups is 1. The smallest absolute Gasteiger partial charge is 0.257 e. The second-order valence-corrected chi connectivity index (χ2v) is 7.27. The average molecular weight is 349 g/mol. The van der Waals surface area contributed by atoms with Gasteiger partial charge in [-0.2, -0.15) is 16.9 Å². The number of hydrogen-bond acceptors (Lipinski definition) is 3.